The Balaban J connectivity index is 2.04. The van der Waals surface area contributed by atoms with Gasteiger partial charge in [-0.05, 0) is 49.0 Å². The van der Waals surface area contributed by atoms with Gasteiger partial charge in [0.2, 0.25) is 0 Å². The quantitative estimate of drug-likeness (QED) is 0.842. The van der Waals surface area contributed by atoms with E-state index >= 15 is 0 Å². The molecule has 0 radical (unpaired) electrons. The lowest BCUT2D eigenvalue weighted by molar-refractivity contribution is -0.137. The van der Waals surface area contributed by atoms with Crippen LogP contribution in [0.4, 0.5) is 0 Å². The third-order valence-electron chi connectivity index (χ3n) is 4.12. The first kappa shape index (κ1) is 16.7. The molecule has 0 aliphatic carbocycles. The molecular formula is C16H22ClNO2S. The molecule has 3 nitrogen and oxygen atoms in total. The van der Waals surface area contributed by atoms with Crippen molar-refractivity contribution >= 4 is 29.3 Å². The minimum Gasteiger partial charge on any atom is -0.468 e. The van der Waals surface area contributed by atoms with Crippen LogP contribution in [0.3, 0.4) is 0 Å². The van der Waals surface area contributed by atoms with E-state index in [1.165, 1.54) is 12.7 Å². The van der Waals surface area contributed by atoms with Crippen molar-refractivity contribution in [3.63, 3.8) is 0 Å². The summed E-state index contributed by atoms with van der Waals surface area (Å²) >= 11 is 7.66. The van der Waals surface area contributed by atoms with Crippen LogP contribution < -0.4 is 5.32 Å². The lowest BCUT2D eigenvalue weighted by atomic mass is 9.79. The molecule has 116 valence electrons. The minimum absolute atomic E-state index is 0.154. The Labute approximate surface area is 135 Å². The third kappa shape index (κ3) is 4.63. The minimum atomic E-state index is -0.154. The molecule has 0 amide bonds. The van der Waals surface area contributed by atoms with E-state index in [2.05, 4.69) is 24.4 Å². The fourth-order valence-corrected chi connectivity index (χ4v) is 4.06. The van der Waals surface area contributed by atoms with Crippen LogP contribution in [-0.2, 0) is 9.53 Å². The fraction of sp³-hybridized carbons (Fsp3) is 0.562. The molecule has 1 aromatic rings. The second-order valence-electron chi connectivity index (χ2n) is 5.41. The van der Waals surface area contributed by atoms with Gasteiger partial charge >= 0.3 is 5.97 Å². The summed E-state index contributed by atoms with van der Waals surface area (Å²) in [5.41, 5.74) is 1.34. The number of nitrogens with one attached hydrogen (secondary N) is 1. The zero-order valence-electron chi connectivity index (χ0n) is 12.5. The van der Waals surface area contributed by atoms with Gasteiger partial charge in [0.1, 0.15) is 0 Å². The third-order valence-corrected chi connectivity index (χ3v) is 5.65. The number of ether oxygens (including phenoxy) is 1. The largest absolute Gasteiger partial charge is 0.468 e. The summed E-state index contributed by atoms with van der Waals surface area (Å²) in [5, 5.41) is 4.65. The van der Waals surface area contributed by atoms with Gasteiger partial charge in [-0.2, -0.15) is 0 Å². The summed E-state index contributed by atoms with van der Waals surface area (Å²) in [4.78, 5) is 11.3. The van der Waals surface area contributed by atoms with Crippen LogP contribution in [0, 0.1) is 5.92 Å². The van der Waals surface area contributed by atoms with Crippen LogP contribution in [0.2, 0.25) is 5.02 Å². The second kappa shape index (κ2) is 8.06. The van der Waals surface area contributed by atoms with Crippen LogP contribution in [0.5, 0.6) is 0 Å². The molecule has 1 unspecified atom stereocenters. The molecule has 1 fully saturated rings. The average molecular weight is 328 g/mol. The predicted molar refractivity (Wildman–Crippen MR) is 89.1 cm³/mol. The molecule has 0 bridgehead atoms. The molecule has 1 aliphatic rings. The topological polar surface area (TPSA) is 38.3 Å². The summed E-state index contributed by atoms with van der Waals surface area (Å²) in [6, 6.07) is 8.18. The summed E-state index contributed by atoms with van der Waals surface area (Å²) < 4.78 is 4.72. The smallest absolute Gasteiger partial charge is 0.315 e. The van der Waals surface area contributed by atoms with Crippen molar-refractivity contribution in [1.82, 2.24) is 5.32 Å². The van der Waals surface area contributed by atoms with Crippen molar-refractivity contribution in [3.05, 3.63) is 34.9 Å². The Hall–Kier alpha value is -0.710. The number of rotatable bonds is 5. The van der Waals surface area contributed by atoms with Crippen molar-refractivity contribution in [3.8, 4) is 0 Å². The van der Waals surface area contributed by atoms with Gasteiger partial charge < -0.3 is 10.1 Å². The van der Waals surface area contributed by atoms with Gasteiger partial charge in [-0.25, -0.2) is 0 Å². The fourth-order valence-electron chi connectivity index (χ4n) is 2.88. The lowest BCUT2D eigenvalue weighted by Gasteiger charge is -2.36. The van der Waals surface area contributed by atoms with Crippen molar-refractivity contribution in [2.45, 2.75) is 24.5 Å². The van der Waals surface area contributed by atoms with E-state index in [0.717, 1.165) is 24.5 Å². The zero-order chi connectivity index (χ0) is 15.2. The highest BCUT2D eigenvalue weighted by atomic mass is 35.5. The van der Waals surface area contributed by atoms with Crippen LogP contribution >= 0.6 is 23.4 Å². The van der Waals surface area contributed by atoms with Crippen molar-refractivity contribution in [1.29, 1.82) is 0 Å². The number of carbonyl (C=O) groups excluding carboxylic acids is 1. The van der Waals surface area contributed by atoms with Crippen molar-refractivity contribution in [2.75, 3.05) is 26.0 Å². The van der Waals surface area contributed by atoms with E-state index in [1.807, 2.05) is 12.1 Å². The highest BCUT2D eigenvalue weighted by Gasteiger charge is 2.31. The van der Waals surface area contributed by atoms with Gasteiger partial charge in [0.05, 0.1) is 12.9 Å². The molecule has 0 spiro atoms. The van der Waals surface area contributed by atoms with Crippen molar-refractivity contribution < 1.29 is 9.53 Å². The molecule has 0 aromatic heterocycles. The van der Waals surface area contributed by atoms with Gasteiger partial charge in [-0.1, -0.05) is 30.7 Å². The number of methoxy groups -OCH3 is 1. The van der Waals surface area contributed by atoms with Crippen LogP contribution in [0.1, 0.15) is 24.8 Å². The molecule has 1 aliphatic heterocycles. The van der Waals surface area contributed by atoms with Gasteiger partial charge in [0.25, 0.3) is 0 Å². The highest BCUT2D eigenvalue weighted by molar-refractivity contribution is 8.00. The van der Waals surface area contributed by atoms with Gasteiger partial charge in [0.15, 0.2) is 0 Å². The number of esters is 1. The molecule has 3 atom stereocenters. The second-order valence-corrected chi connectivity index (χ2v) is 7.21. The summed E-state index contributed by atoms with van der Waals surface area (Å²) in [6.45, 7) is 4.23. The molecular weight excluding hydrogens is 306 g/mol. The SMILES string of the molecule is COC(=O)CSC(C)[C@H]1CNCC[C@@H]1c1ccc(Cl)cc1. The molecule has 21 heavy (non-hydrogen) atoms. The van der Waals surface area contributed by atoms with Gasteiger partial charge in [-0.3, -0.25) is 4.79 Å². The van der Waals surface area contributed by atoms with E-state index in [-0.39, 0.29) is 5.97 Å². The number of hydrogen-bond acceptors (Lipinski definition) is 4. The maximum absolute atomic E-state index is 11.3. The molecule has 1 saturated heterocycles. The van der Waals surface area contributed by atoms with E-state index in [1.54, 1.807) is 11.8 Å². The molecule has 1 N–H and O–H groups in total. The highest BCUT2D eigenvalue weighted by Crippen LogP contribution is 2.37. The standard InChI is InChI=1S/C16H22ClNO2S/c1-11(21-10-16(19)20-2)15-9-18-8-7-14(15)12-3-5-13(17)6-4-12/h3-6,11,14-15,18H,7-10H2,1-2H3/t11?,14-,15-/m1/s1. The first-order valence-corrected chi connectivity index (χ1v) is 8.69. The molecule has 1 aromatic carbocycles. The monoisotopic (exact) mass is 327 g/mol. The summed E-state index contributed by atoms with van der Waals surface area (Å²) in [6.07, 6.45) is 1.12. The number of thioether (sulfide) groups is 1. The van der Waals surface area contributed by atoms with E-state index in [9.17, 15) is 4.79 Å². The Kier molecular flexibility index (Phi) is 6.40. The zero-order valence-corrected chi connectivity index (χ0v) is 14.0. The molecule has 1 heterocycles. The number of benzene rings is 1. The number of piperidine rings is 1. The predicted octanol–water partition coefficient (Wildman–Crippen LogP) is 3.33. The number of halogens is 1. The Bertz CT molecular complexity index is 466. The van der Waals surface area contributed by atoms with Crippen LogP contribution in [0.15, 0.2) is 24.3 Å². The van der Waals surface area contributed by atoms with Crippen molar-refractivity contribution in [2.24, 2.45) is 5.92 Å². The Morgan fingerprint density at radius 3 is 2.86 bits per heavy atom. The normalized spacial score (nSPS) is 23.6. The van der Waals surface area contributed by atoms with Crippen LogP contribution in [0.25, 0.3) is 0 Å². The average Bonchev–Trinajstić information content (AvgIpc) is 2.53. The maximum atomic E-state index is 11.3. The number of carbonyl (C=O) groups is 1. The Morgan fingerprint density at radius 1 is 1.48 bits per heavy atom. The maximum Gasteiger partial charge on any atom is 0.315 e. The lowest BCUT2D eigenvalue weighted by Crippen LogP contribution is -2.40. The van der Waals surface area contributed by atoms with Crippen LogP contribution in [-0.4, -0.2) is 37.2 Å². The first-order valence-electron chi connectivity index (χ1n) is 7.26. The van der Waals surface area contributed by atoms with E-state index < -0.39 is 0 Å². The van der Waals surface area contributed by atoms with E-state index in [0.29, 0.717) is 22.8 Å². The number of hydrogen-bond donors (Lipinski definition) is 1. The first-order chi connectivity index (χ1) is 10.1. The molecule has 2 rings (SSSR count). The van der Waals surface area contributed by atoms with Gasteiger partial charge in [0, 0.05) is 10.3 Å². The molecule has 0 saturated carbocycles. The van der Waals surface area contributed by atoms with E-state index in [4.69, 9.17) is 16.3 Å². The van der Waals surface area contributed by atoms with Gasteiger partial charge in [-0.15, -0.1) is 11.8 Å². The molecule has 5 heteroatoms. The Morgan fingerprint density at radius 2 is 2.19 bits per heavy atom. The summed E-state index contributed by atoms with van der Waals surface area (Å²) in [7, 11) is 1.44. The summed E-state index contributed by atoms with van der Waals surface area (Å²) in [5.74, 6) is 1.29.